The van der Waals surface area contributed by atoms with Crippen molar-refractivity contribution in [3.63, 3.8) is 0 Å². The van der Waals surface area contributed by atoms with Gasteiger partial charge in [0.1, 0.15) is 17.7 Å². The Labute approximate surface area is 162 Å². The monoisotopic (exact) mass is 391 g/mol. The molecule has 2 aliphatic heterocycles. The van der Waals surface area contributed by atoms with Crippen LogP contribution in [0.2, 0.25) is 0 Å². The van der Waals surface area contributed by atoms with E-state index in [-0.39, 0.29) is 24.1 Å². The average Bonchev–Trinajstić information content (AvgIpc) is 3.09. The third-order valence-corrected chi connectivity index (χ3v) is 5.47. The van der Waals surface area contributed by atoms with Gasteiger partial charge in [0, 0.05) is 37.1 Å². The molecule has 0 aliphatic carbocycles. The Balaban J connectivity index is 1.51. The molecule has 0 saturated carbocycles. The molecule has 8 heteroatoms. The van der Waals surface area contributed by atoms with Crippen molar-refractivity contribution < 1.29 is 23.0 Å². The number of ether oxygens (including phenoxy) is 2. The van der Waals surface area contributed by atoms with Crippen molar-refractivity contribution >= 4 is 5.91 Å². The summed E-state index contributed by atoms with van der Waals surface area (Å²) in [6.07, 6.45) is 2.74. The molecule has 1 atom stereocenters. The molecular weight excluding hydrogens is 368 g/mol. The summed E-state index contributed by atoms with van der Waals surface area (Å²) < 4.78 is 40.2. The van der Waals surface area contributed by atoms with Crippen LogP contribution in [0.1, 0.15) is 46.6 Å². The molecule has 3 heterocycles. The first-order valence-corrected chi connectivity index (χ1v) is 9.52. The number of halogens is 2. The van der Waals surface area contributed by atoms with E-state index in [0.29, 0.717) is 31.9 Å². The Morgan fingerprint density at radius 1 is 1.21 bits per heavy atom. The zero-order valence-corrected chi connectivity index (χ0v) is 15.7. The lowest BCUT2D eigenvalue weighted by Crippen LogP contribution is -2.42. The zero-order valence-electron chi connectivity index (χ0n) is 15.7. The minimum Gasteiger partial charge on any atom is -0.381 e. The van der Waals surface area contributed by atoms with Crippen molar-refractivity contribution in [2.75, 3.05) is 32.9 Å². The second kappa shape index (κ2) is 7.97. The highest BCUT2D eigenvalue weighted by molar-refractivity contribution is 5.95. The Bertz CT molecular complexity index is 864. The summed E-state index contributed by atoms with van der Waals surface area (Å²) in [5, 5.41) is 4.44. The molecular formula is C20H23F2N3O3. The number of carbonyl (C=O) groups is 1. The summed E-state index contributed by atoms with van der Waals surface area (Å²) in [5.41, 5.74) is 1.63. The van der Waals surface area contributed by atoms with Gasteiger partial charge < -0.3 is 14.4 Å². The van der Waals surface area contributed by atoms with Crippen LogP contribution in [0.15, 0.2) is 24.4 Å². The summed E-state index contributed by atoms with van der Waals surface area (Å²) in [7, 11) is 0. The normalized spacial score (nSPS) is 21.1. The number of aromatic nitrogens is 2. The predicted molar refractivity (Wildman–Crippen MR) is 97.0 cm³/mol. The van der Waals surface area contributed by atoms with Gasteiger partial charge in [-0.25, -0.2) is 8.78 Å². The van der Waals surface area contributed by atoms with Crippen LogP contribution in [0.4, 0.5) is 8.78 Å². The van der Waals surface area contributed by atoms with E-state index in [1.807, 2.05) is 11.6 Å². The topological polar surface area (TPSA) is 56.6 Å². The number of hydrogen-bond donors (Lipinski definition) is 0. The van der Waals surface area contributed by atoms with Crippen molar-refractivity contribution in [3.8, 4) is 0 Å². The fraction of sp³-hybridized carbons (Fsp3) is 0.500. The Kier molecular flexibility index (Phi) is 5.41. The molecule has 2 aliphatic rings. The van der Waals surface area contributed by atoms with Crippen LogP contribution in [0.25, 0.3) is 0 Å². The molecule has 1 amide bonds. The molecule has 150 valence electrons. The maximum atomic E-state index is 14.1. The Morgan fingerprint density at radius 3 is 2.75 bits per heavy atom. The molecule has 0 N–H and O–H groups in total. The van der Waals surface area contributed by atoms with Crippen LogP contribution in [0.5, 0.6) is 0 Å². The number of rotatable bonds is 3. The first kappa shape index (κ1) is 19.0. The van der Waals surface area contributed by atoms with Crippen LogP contribution >= 0.6 is 0 Å². The number of carbonyl (C=O) groups excluding carboxylic acids is 1. The average molecular weight is 391 g/mol. The SMILES string of the molecule is Cc1c(C(=O)N2CCOC(c3ccc(F)cc3F)C2)cnn1C1CCOCC1. The van der Waals surface area contributed by atoms with Crippen LogP contribution in [0.3, 0.4) is 0 Å². The van der Waals surface area contributed by atoms with Crippen molar-refractivity contribution in [3.05, 3.63) is 52.9 Å². The number of hydrogen-bond acceptors (Lipinski definition) is 4. The third-order valence-electron chi connectivity index (χ3n) is 5.47. The van der Waals surface area contributed by atoms with E-state index in [2.05, 4.69) is 5.10 Å². The van der Waals surface area contributed by atoms with Crippen LogP contribution < -0.4 is 0 Å². The van der Waals surface area contributed by atoms with Gasteiger partial charge in [-0.15, -0.1) is 0 Å². The van der Waals surface area contributed by atoms with Crippen LogP contribution in [-0.2, 0) is 9.47 Å². The van der Waals surface area contributed by atoms with Gasteiger partial charge >= 0.3 is 0 Å². The molecule has 0 bridgehead atoms. The van der Waals surface area contributed by atoms with Gasteiger partial charge in [0.05, 0.1) is 31.0 Å². The molecule has 1 unspecified atom stereocenters. The first-order valence-electron chi connectivity index (χ1n) is 9.52. The summed E-state index contributed by atoms with van der Waals surface area (Å²) in [6, 6.07) is 3.64. The maximum absolute atomic E-state index is 14.1. The lowest BCUT2D eigenvalue weighted by Gasteiger charge is -2.33. The standard InChI is InChI=1S/C20H23F2N3O3/c1-13-17(11-23-25(13)15-4-7-27-8-5-15)20(26)24-6-9-28-19(12-24)16-3-2-14(21)10-18(16)22/h2-3,10-11,15,19H,4-9,12H2,1H3. The Morgan fingerprint density at radius 2 is 2.00 bits per heavy atom. The second-order valence-corrected chi connectivity index (χ2v) is 7.21. The van der Waals surface area contributed by atoms with Crippen molar-refractivity contribution in [1.29, 1.82) is 0 Å². The molecule has 0 spiro atoms. The lowest BCUT2D eigenvalue weighted by molar-refractivity contribution is -0.0243. The number of nitrogens with zero attached hydrogens (tertiary/aromatic N) is 3. The van der Waals surface area contributed by atoms with Gasteiger partial charge in [0.2, 0.25) is 0 Å². The van der Waals surface area contributed by atoms with E-state index in [0.717, 1.165) is 24.6 Å². The van der Waals surface area contributed by atoms with E-state index in [4.69, 9.17) is 9.47 Å². The fourth-order valence-corrected chi connectivity index (χ4v) is 3.89. The zero-order chi connectivity index (χ0) is 19.7. The number of morpholine rings is 1. The summed E-state index contributed by atoms with van der Waals surface area (Å²) in [5.74, 6) is -1.45. The van der Waals surface area contributed by atoms with E-state index in [1.165, 1.54) is 12.1 Å². The van der Waals surface area contributed by atoms with Gasteiger partial charge in [-0.3, -0.25) is 9.48 Å². The molecule has 6 nitrogen and oxygen atoms in total. The molecule has 28 heavy (non-hydrogen) atoms. The molecule has 2 aromatic rings. The largest absolute Gasteiger partial charge is 0.381 e. The van der Waals surface area contributed by atoms with Gasteiger partial charge in [0.15, 0.2) is 0 Å². The molecule has 0 radical (unpaired) electrons. The smallest absolute Gasteiger partial charge is 0.257 e. The lowest BCUT2D eigenvalue weighted by atomic mass is 10.1. The van der Waals surface area contributed by atoms with Crippen LogP contribution in [0, 0.1) is 18.6 Å². The fourth-order valence-electron chi connectivity index (χ4n) is 3.89. The second-order valence-electron chi connectivity index (χ2n) is 7.21. The van der Waals surface area contributed by atoms with E-state index < -0.39 is 17.7 Å². The van der Waals surface area contributed by atoms with Crippen molar-refractivity contribution in [2.45, 2.75) is 31.9 Å². The van der Waals surface area contributed by atoms with Crippen LogP contribution in [-0.4, -0.2) is 53.5 Å². The third kappa shape index (κ3) is 3.66. The molecule has 1 aromatic heterocycles. The number of amides is 1. The van der Waals surface area contributed by atoms with Gasteiger partial charge in [-0.2, -0.15) is 5.10 Å². The van der Waals surface area contributed by atoms with Crippen molar-refractivity contribution in [2.24, 2.45) is 0 Å². The highest BCUT2D eigenvalue weighted by Crippen LogP contribution is 2.28. The highest BCUT2D eigenvalue weighted by atomic mass is 19.1. The maximum Gasteiger partial charge on any atom is 0.257 e. The van der Waals surface area contributed by atoms with E-state index in [1.54, 1.807) is 11.1 Å². The predicted octanol–water partition coefficient (Wildman–Crippen LogP) is 3.03. The highest BCUT2D eigenvalue weighted by Gasteiger charge is 2.30. The Hall–Kier alpha value is -2.32. The molecule has 2 saturated heterocycles. The van der Waals surface area contributed by atoms with E-state index in [9.17, 15) is 13.6 Å². The quantitative estimate of drug-likeness (QED) is 0.807. The van der Waals surface area contributed by atoms with E-state index >= 15 is 0 Å². The summed E-state index contributed by atoms with van der Waals surface area (Å²) >= 11 is 0. The summed E-state index contributed by atoms with van der Waals surface area (Å²) in [4.78, 5) is 14.7. The first-order chi connectivity index (χ1) is 13.5. The molecule has 1 aromatic carbocycles. The van der Waals surface area contributed by atoms with Crippen molar-refractivity contribution in [1.82, 2.24) is 14.7 Å². The minimum atomic E-state index is -0.664. The van der Waals surface area contributed by atoms with Gasteiger partial charge in [-0.05, 0) is 25.8 Å². The number of benzene rings is 1. The van der Waals surface area contributed by atoms with Gasteiger partial charge in [0.25, 0.3) is 5.91 Å². The minimum absolute atomic E-state index is 0.147. The van der Waals surface area contributed by atoms with Gasteiger partial charge in [-0.1, -0.05) is 6.07 Å². The molecule has 2 fully saturated rings. The summed E-state index contributed by atoms with van der Waals surface area (Å²) in [6.45, 7) is 4.21. The molecule has 4 rings (SSSR count).